The molecule has 0 fully saturated rings. The van der Waals surface area contributed by atoms with Crippen LogP contribution in [0.5, 0.6) is 0 Å². The Morgan fingerprint density at radius 2 is 1.74 bits per heavy atom. The lowest BCUT2D eigenvalue weighted by molar-refractivity contribution is -0.143. The predicted octanol–water partition coefficient (Wildman–Crippen LogP) is 4.79. The molecule has 0 saturated carbocycles. The lowest BCUT2D eigenvalue weighted by Gasteiger charge is -2.18. The monoisotopic (exact) mass is 493 g/mol. The molecular weight excluding hydrogens is 462 g/mol. The summed E-state index contributed by atoms with van der Waals surface area (Å²) in [5, 5.41) is 2.53. The molecule has 35 heavy (non-hydrogen) atoms. The van der Waals surface area contributed by atoms with Crippen LogP contribution in [0.4, 0.5) is 5.69 Å². The van der Waals surface area contributed by atoms with Gasteiger partial charge in [0, 0.05) is 28.6 Å². The summed E-state index contributed by atoms with van der Waals surface area (Å²) in [4.78, 5) is 43.2. The Hall–Kier alpha value is -3.39. The van der Waals surface area contributed by atoms with Crippen LogP contribution in [0.1, 0.15) is 33.5 Å². The maximum Gasteiger partial charge on any atom is 0.319 e. The molecule has 1 aromatic heterocycles. The quantitative estimate of drug-likeness (QED) is 0.323. The lowest BCUT2D eigenvalue weighted by Crippen LogP contribution is -2.30. The molecule has 1 atom stereocenters. The number of nitrogens with one attached hydrogen (secondary N) is 1. The van der Waals surface area contributed by atoms with Gasteiger partial charge >= 0.3 is 5.97 Å². The topological polar surface area (TPSA) is 90.3 Å². The van der Waals surface area contributed by atoms with Crippen LogP contribution >= 0.6 is 11.8 Å². The highest BCUT2D eigenvalue weighted by molar-refractivity contribution is 8.00. The Morgan fingerprint density at radius 3 is 2.34 bits per heavy atom. The third-order valence-corrected chi connectivity index (χ3v) is 6.84. The van der Waals surface area contributed by atoms with Crippen LogP contribution in [0.3, 0.4) is 0 Å². The number of hydrogen-bond acceptors (Lipinski definition) is 6. The smallest absolute Gasteiger partial charge is 0.319 e. The van der Waals surface area contributed by atoms with Crippen molar-refractivity contribution in [3.8, 4) is 11.3 Å². The summed E-state index contributed by atoms with van der Waals surface area (Å²) >= 11 is 1.44. The van der Waals surface area contributed by atoms with Crippen molar-refractivity contribution in [2.45, 2.75) is 50.8 Å². The number of anilines is 1. The number of amides is 1. The summed E-state index contributed by atoms with van der Waals surface area (Å²) in [6.45, 7) is 7.89. The number of hydrogen-bond donors (Lipinski definition) is 1. The van der Waals surface area contributed by atoms with Gasteiger partial charge in [-0.2, -0.15) is 0 Å². The first kappa shape index (κ1) is 26.2. The molecule has 0 spiro atoms. The Kier molecular flexibility index (Phi) is 9.25. The van der Waals surface area contributed by atoms with E-state index in [2.05, 4.69) is 10.3 Å². The Balaban J connectivity index is 1.68. The molecule has 3 rings (SSSR count). The van der Waals surface area contributed by atoms with Crippen molar-refractivity contribution in [3.63, 3.8) is 0 Å². The fourth-order valence-corrected chi connectivity index (χ4v) is 4.56. The number of carbonyl (C=O) groups excluding carboxylic acids is 2. The number of ether oxygens (including phenoxy) is 1. The van der Waals surface area contributed by atoms with Crippen molar-refractivity contribution >= 4 is 29.3 Å². The SMILES string of the molecule is CCOC(=O)[C@H](Sc1ccc(NC(=O)Cn2c(CC)nc(-c3ccccc3)cc2=O)cc1)C(C)C. The Morgan fingerprint density at radius 1 is 1.06 bits per heavy atom. The fourth-order valence-electron chi connectivity index (χ4n) is 3.54. The zero-order valence-electron chi connectivity index (χ0n) is 20.5. The zero-order valence-corrected chi connectivity index (χ0v) is 21.3. The van der Waals surface area contributed by atoms with Gasteiger partial charge in [-0.1, -0.05) is 51.1 Å². The maximum absolute atomic E-state index is 12.8. The van der Waals surface area contributed by atoms with Crippen molar-refractivity contribution in [3.05, 3.63) is 76.8 Å². The molecule has 0 aliphatic heterocycles. The van der Waals surface area contributed by atoms with Gasteiger partial charge in [0.15, 0.2) is 0 Å². The standard InChI is InChI=1S/C27H31N3O4S/c1-5-23-29-22(19-10-8-7-9-11-19)16-25(32)30(23)17-24(31)28-20-12-14-21(15-13-20)35-26(18(3)4)27(33)34-6-2/h7-16,18,26H,5-6,17H2,1-4H3,(H,28,31)/t26-/m1/s1. The van der Waals surface area contributed by atoms with Gasteiger partial charge in [-0.05, 0) is 37.1 Å². The first-order valence-corrected chi connectivity index (χ1v) is 12.6. The summed E-state index contributed by atoms with van der Waals surface area (Å²) in [7, 11) is 0. The van der Waals surface area contributed by atoms with Crippen molar-refractivity contribution in [2.24, 2.45) is 5.92 Å². The molecule has 8 heteroatoms. The molecule has 0 aliphatic carbocycles. The number of nitrogens with zero attached hydrogens (tertiary/aromatic N) is 2. The highest BCUT2D eigenvalue weighted by atomic mass is 32.2. The van der Waals surface area contributed by atoms with Crippen LogP contribution in [0.25, 0.3) is 11.3 Å². The van der Waals surface area contributed by atoms with Crippen molar-refractivity contribution < 1.29 is 14.3 Å². The van der Waals surface area contributed by atoms with E-state index in [0.717, 1.165) is 10.5 Å². The molecule has 1 amide bonds. The molecule has 0 bridgehead atoms. The molecule has 1 N–H and O–H groups in total. The zero-order chi connectivity index (χ0) is 25.4. The molecule has 184 valence electrons. The molecule has 7 nitrogen and oxygen atoms in total. The van der Waals surface area contributed by atoms with Crippen molar-refractivity contribution in [1.29, 1.82) is 0 Å². The Labute approximate surface area is 209 Å². The van der Waals surface area contributed by atoms with Gasteiger partial charge in [0.2, 0.25) is 5.91 Å². The molecular formula is C27H31N3O4S. The van der Waals surface area contributed by atoms with Crippen LogP contribution in [0.2, 0.25) is 0 Å². The number of thioether (sulfide) groups is 1. The minimum absolute atomic E-state index is 0.117. The summed E-state index contributed by atoms with van der Waals surface area (Å²) in [6, 6.07) is 18.2. The van der Waals surface area contributed by atoms with Crippen LogP contribution in [0.15, 0.2) is 70.4 Å². The van der Waals surface area contributed by atoms with Crippen LogP contribution in [-0.2, 0) is 27.3 Å². The van der Waals surface area contributed by atoms with E-state index in [9.17, 15) is 14.4 Å². The fraction of sp³-hybridized carbons (Fsp3) is 0.333. The predicted molar refractivity (Wildman–Crippen MR) is 139 cm³/mol. The van der Waals surface area contributed by atoms with Gasteiger partial charge in [-0.25, -0.2) is 4.98 Å². The van der Waals surface area contributed by atoms with E-state index in [4.69, 9.17) is 4.74 Å². The average Bonchev–Trinajstić information content (AvgIpc) is 2.85. The molecule has 0 radical (unpaired) electrons. The van der Waals surface area contributed by atoms with E-state index in [1.807, 2.05) is 63.2 Å². The third-order valence-electron chi connectivity index (χ3n) is 5.30. The van der Waals surface area contributed by atoms with Crippen molar-refractivity contribution in [1.82, 2.24) is 9.55 Å². The molecule has 3 aromatic rings. The highest BCUT2D eigenvalue weighted by Crippen LogP contribution is 2.30. The largest absolute Gasteiger partial charge is 0.465 e. The van der Waals surface area contributed by atoms with Crippen LogP contribution in [-0.4, -0.2) is 33.3 Å². The van der Waals surface area contributed by atoms with Crippen LogP contribution < -0.4 is 10.9 Å². The average molecular weight is 494 g/mol. The molecule has 1 heterocycles. The number of benzene rings is 2. The second-order valence-corrected chi connectivity index (χ2v) is 9.52. The van der Waals surface area contributed by atoms with Gasteiger partial charge < -0.3 is 10.1 Å². The third kappa shape index (κ3) is 7.05. The lowest BCUT2D eigenvalue weighted by atomic mass is 10.1. The summed E-state index contributed by atoms with van der Waals surface area (Å²) in [5.74, 6) is 0.125. The van der Waals surface area contributed by atoms with Gasteiger partial charge in [-0.15, -0.1) is 11.8 Å². The number of esters is 1. The summed E-state index contributed by atoms with van der Waals surface area (Å²) < 4.78 is 6.58. The van der Waals surface area contributed by atoms with E-state index in [-0.39, 0.29) is 35.1 Å². The number of rotatable bonds is 10. The van der Waals surface area contributed by atoms with Gasteiger partial charge in [-0.3, -0.25) is 19.0 Å². The van der Waals surface area contributed by atoms with Gasteiger partial charge in [0.25, 0.3) is 5.56 Å². The normalized spacial score (nSPS) is 11.8. The Bertz CT molecular complexity index is 1210. The second kappa shape index (κ2) is 12.4. The number of carbonyl (C=O) groups is 2. The van der Waals surface area contributed by atoms with E-state index < -0.39 is 0 Å². The summed E-state index contributed by atoms with van der Waals surface area (Å²) in [5.41, 5.74) is 1.80. The first-order chi connectivity index (χ1) is 16.8. The van der Waals surface area contributed by atoms with Crippen LogP contribution in [0, 0.1) is 5.92 Å². The minimum Gasteiger partial charge on any atom is -0.465 e. The number of aryl methyl sites for hydroxylation is 1. The molecule has 2 aromatic carbocycles. The molecule has 0 unspecified atom stereocenters. The summed E-state index contributed by atoms with van der Waals surface area (Å²) in [6.07, 6.45) is 0.520. The maximum atomic E-state index is 12.8. The van der Waals surface area contributed by atoms with Gasteiger partial charge in [0.1, 0.15) is 17.6 Å². The van der Waals surface area contributed by atoms with Gasteiger partial charge in [0.05, 0.1) is 12.3 Å². The van der Waals surface area contributed by atoms with E-state index >= 15 is 0 Å². The van der Waals surface area contributed by atoms with E-state index in [1.54, 1.807) is 19.1 Å². The minimum atomic E-state index is -0.317. The molecule has 0 saturated heterocycles. The number of aromatic nitrogens is 2. The van der Waals surface area contributed by atoms with E-state index in [0.29, 0.717) is 30.2 Å². The highest BCUT2D eigenvalue weighted by Gasteiger charge is 2.24. The first-order valence-electron chi connectivity index (χ1n) is 11.7. The van der Waals surface area contributed by atoms with Crippen molar-refractivity contribution in [2.75, 3.05) is 11.9 Å². The molecule has 0 aliphatic rings. The second-order valence-electron chi connectivity index (χ2n) is 8.31. The van der Waals surface area contributed by atoms with E-state index in [1.165, 1.54) is 22.4 Å².